The van der Waals surface area contributed by atoms with Crippen molar-refractivity contribution in [2.45, 2.75) is 19.8 Å². The molecule has 0 aromatic heterocycles. The Kier molecular flexibility index (Phi) is 2.39. The van der Waals surface area contributed by atoms with Crippen molar-refractivity contribution in [3.63, 3.8) is 0 Å². The zero-order chi connectivity index (χ0) is 9.97. The third kappa shape index (κ3) is 1.71. The van der Waals surface area contributed by atoms with Crippen LogP contribution in [0.5, 0.6) is 11.5 Å². The molecule has 1 aromatic carbocycles. The number of hydrogen-bond acceptors (Lipinski definition) is 3. The number of para-hydroxylation sites is 1. The number of carbonyl (C=O) groups is 1. The van der Waals surface area contributed by atoms with Gasteiger partial charge in [-0.25, -0.2) is 0 Å². The summed E-state index contributed by atoms with van der Waals surface area (Å²) < 4.78 is 10.5. The van der Waals surface area contributed by atoms with Crippen molar-refractivity contribution in [3.8, 4) is 11.5 Å². The molecule has 1 aliphatic rings. The van der Waals surface area contributed by atoms with E-state index in [1.165, 1.54) is 6.92 Å². The summed E-state index contributed by atoms with van der Waals surface area (Å²) in [5.74, 6) is 0.955. The molecule has 0 radical (unpaired) electrons. The van der Waals surface area contributed by atoms with Crippen LogP contribution in [0.3, 0.4) is 0 Å². The number of fused-ring (bicyclic) bond motifs is 1. The maximum Gasteiger partial charge on any atom is 0.308 e. The van der Waals surface area contributed by atoms with Crippen LogP contribution in [0.1, 0.15) is 18.9 Å². The molecule has 0 bridgehead atoms. The molecule has 0 saturated heterocycles. The first-order chi connectivity index (χ1) is 6.77. The van der Waals surface area contributed by atoms with E-state index in [4.69, 9.17) is 9.47 Å². The fourth-order valence-corrected chi connectivity index (χ4v) is 1.59. The first kappa shape index (κ1) is 9.06. The van der Waals surface area contributed by atoms with Crippen molar-refractivity contribution in [2.24, 2.45) is 0 Å². The topological polar surface area (TPSA) is 35.5 Å². The molecule has 0 unspecified atom stereocenters. The lowest BCUT2D eigenvalue weighted by atomic mass is 10.1. The van der Waals surface area contributed by atoms with Crippen molar-refractivity contribution in [1.82, 2.24) is 0 Å². The lowest BCUT2D eigenvalue weighted by molar-refractivity contribution is -0.132. The van der Waals surface area contributed by atoms with Gasteiger partial charge in [0, 0.05) is 6.92 Å². The van der Waals surface area contributed by atoms with Gasteiger partial charge in [-0.1, -0.05) is 12.1 Å². The molecule has 0 aliphatic carbocycles. The van der Waals surface area contributed by atoms with Crippen molar-refractivity contribution < 1.29 is 14.3 Å². The predicted octanol–water partition coefficient (Wildman–Crippen LogP) is 1.94. The quantitative estimate of drug-likeness (QED) is 0.504. The van der Waals surface area contributed by atoms with E-state index in [9.17, 15) is 4.79 Å². The number of benzene rings is 1. The highest BCUT2D eigenvalue weighted by Gasteiger charge is 2.15. The minimum absolute atomic E-state index is 0.312. The van der Waals surface area contributed by atoms with E-state index in [1.807, 2.05) is 12.1 Å². The second kappa shape index (κ2) is 3.70. The van der Waals surface area contributed by atoms with Gasteiger partial charge in [0.25, 0.3) is 0 Å². The van der Waals surface area contributed by atoms with E-state index in [1.54, 1.807) is 6.07 Å². The van der Waals surface area contributed by atoms with Crippen LogP contribution in [0.2, 0.25) is 0 Å². The second-order valence-corrected chi connectivity index (χ2v) is 3.29. The molecule has 0 spiro atoms. The van der Waals surface area contributed by atoms with Gasteiger partial charge in [0.1, 0.15) is 0 Å². The number of hydrogen-bond donors (Lipinski definition) is 0. The fourth-order valence-electron chi connectivity index (χ4n) is 1.59. The highest BCUT2D eigenvalue weighted by Crippen LogP contribution is 2.34. The molecule has 0 amide bonds. The lowest BCUT2D eigenvalue weighted by Crippen LogP contribution is -2.11. The van der Waals surface area contributed by atoms with Crippen molar-refractivity contribution in [2.75, 3.05) is 6.61 Å². The average Bonchev–Trinajstić information content (AvgIpc) is 2.18. The average molecular weight is 192 g/mol. The lowest BCUT2D eigenvalue weighted by Gasteiger charge is -2.19. The Bertz CT molecular complexity index is 358. The molecule has 0 saturated carbocycles. The number of ether oxygens (including phenoxy) is 2. The molecule has 0 fully saturated rings. The first-order valence-electron chi connectivity index (χ1n) is 4.70. The van der Waals surface area contributed by atoms with E-state index in [0.29, 0.717) is 12.4 Å². The Labute approximate surface area is 82.6 Å². The summed E-state index contributed by atoms with van der Waals surface area (Å²) in [6, 6.07) is 5.64. The third-order valence-electron chi connectivity index (χ3n) is 2.15. The smallest absolute Gasteiger partial charge is 0.308 e. The minimum Gasteiger partial charge on any atom is -0.489 e. The Hall–Kier alpha value is -1.51. The summed E-state index contributed by atoms with van der Waals surface area (Å²) in [6.45, 7) is 2.09. The maximum absolute atomic E-state index is 10.8. The van der Waals surface area contributed by atoms with Gasteiger partial charge in [0.2, 0.25) is 0 Å². The number of esters is 1. The van der Waals surface area contributed by atoms with Gasteiger partial charge in [-0.05, 0) is 24.5 Å². The van der Waals surface area contributed by atoms with Gasteiger partial charge in [0.15, 0.2) is 11.5 Å². The van der Waals surface area contributed by atoms with Crippen molar-refractivity contribution in [3.05, 3.63) is 23.8 Å². The number of rotatable bonds is 1. The first-order valence-corrected chi connectivity index (χ1v) is 4.70. The summed E-state index contributed by atoms with van der Waals surface area (Å²) in [5, 5.41) is 0. The van der Waals surface area contributed by atoms with E-state index >= 15 is 0 Å². The monoisotopic (exact) mass is 192 g/mol. The summed E-state index contributed by atoms with van der Waals surface area (Å²) >= 11 is 0. The Morgan fingerprint density at radius 1 is 1.50 bits per heavy atom. The third-order valence-corrected chi connectivity index (χ3v) is 2.15. The zero-order valence-electron chi connectivity index (χ0n) is 8.08. The largest absolute Gasteiger partial charge is 0.489 e. The molecule has 1 aromatic rings. The van der Waals surface area contributed by atoms with Gasteiger partial charge in [0.05, 0.1) is 6.61 Å². The fraction of sp³-hybridized carbons (Fsp3) is 0.364. The normalized spacial score (nSPS) is 14.1. The molecular weight excluding hydrogens is 180 g/mol. The van der Waals surface area contributed by atoms with Gasteiger partial charge in [-0.2, -0.15) is 0 Å². The van der Waals surface area contributed by atoms with Gasteiger partial charge >= 0.3 is 5.97 Å². The van der Waals surface area contributed by atoms with Crippen LogP contribution in [-0.4, -0.2) is 12.6 Å². The molecule has 74 valence electrons. The van der Waals surface area contributed by atoms with Crippen LogP contribution in [0.4, 0.5) is 0 Å². The van der Waals surface area contributed by atoms with Crippen LogP contribution in [0.25, 0.3) is 0 Å². The molecule has 0 N–H and O–H groups in total. The molecule has 1 heterocycles. The standard InChI is InChI=1S/C11H12O3/c1-8(12)14-10-6-2-4-9-5-3-7-13-11(9)10/h2,4,6H,3,5,7H2,1H3. The molecular formula is C11H12O3. The van der Waals surface area contributed by atoms with Crippen LogP contribution < -0.4 is 9.47 Å². The van der Waals surface area contributed by atoms with Crippen molar-refractivity contribution in [1.29, 1.82) is 0 Å². The van der Waals surface area contributed by atoms with Crippen LogP contribution in [0, 0.1) is 0 Å². The molecule has 2 rings (SSSR count). The second-order valence-electron chi connectivity index (χ2n) is 3.29. The number of carbonyl (C=O) groups excluding carboxylic acids is 1. The SMILES string of the molecule is CC(=O)Oc1cccc2c1OCCC2. The van der Waals surface area contributed by atoms with E-state index in [2.05, 4.69) is 0 Å². The molecule has 3 nitrogen and oxygen atoms in total. The number of aryl methyl sites for hydroxylation is 1. The molecule has 3 heteroatoms. The summed E-state index contributed by atoms with van der Waals surface area (Å²) in [4.78, 5) is 10.8. The Morgan fingerprint density at radius 3 is 3.14 bits per heavy atom. The van der Waals surface area contributed by atoms with E-state index in [-0.39, 0.29) is 5.97 Å². The van der Waals surface area contributed by atoms with Crippen LogP contribution in [-0.2, 0) is 11.2 Å². The van der Waals surface area contributed by atoms with E-state index < -0.39 is 0 Å². The van der Waals surface area contributed by atoms with Gasteiger partial charge in [-0.15, -0.1) is 0 Å². The minimum atomic E-state index is -0.312. The Balaban J connectivity index is 2.35. The van der Waals surface area contributed by atoms with Crippen molar-refractivity contribution >= 4 is 5.97 Å². The highest BCUT2D eigenvalue weighted by atomic mass is 16.6. The van der Waals surface area contributed by atoms with Gasteiger partial charge < -0.3 is 9.47 Å². The highest BCUT2D eigenvalue weighted by molar-refractivity contribution is 5.70. The van der Waals surface area contributed by atoms with E-state index in [0.717, 1.165) is 24.2 Å². The zero-order valence-corrected chi connectivity index (χ0v) is 8.08. The predicted molar refractivity (Wildman–Crippen MR) is 51.6 cm³/mol. The van der Waals surface area contributed by atoms with Gasteiger partial charge in [-0.3, -0.25) is 4.79 Å². The molecule has 1 aliphatic heterocycles. The molecule has 0 atom stereocenters. The summed E-state index contributed by atoms with van der Waals surface area (Å²) in [7, 11) is 0. The Morgan fingerprint density at radius 2 is 2.36 bits per heavy atom. The van der Waals surface area contributed by atoms with Crippen LogP contribution in [0.15, 0.2) is 18.2 Å². The summed E-state index contributed by atoms with van der Waals surface area (Å²) in [5.41, 5.74) is 1.12. The molecule has 14 heavy (non-hydrogen) atoms. The summed E-state index contributed by atoms with van der Waals surface area (Å²) in [6.07, 6.45) is 2.01. The maximum atomic E-state index is 10.8. The van der Waals surface area contributed by atoms with Crippen LogP contribution >= 0.6 is 0 Å².